The molecular weight excluding hydrogens is 243 g/mol. The Labute approximate surface area is 107 Å². The summed E-state index contributed by atoms with van der Waals surface area (Å²) in [6.45, 7) is 1.65. The first kappa shape index (κ1) is 12.2. The quantitative estimate of drug-likeness (QED) is 0.747. The largest absolute Gasteiger partial charge is 0.381 e. The van der Waals surface area contributed by atoms with E-state index in [1.54, 1.807) is 0 Å². The van der Waals surface area contributed by atoms with Crippen LogP contribution >= 0.6 is 23.2 Å². The number of halogens is 2. The monoisotopic (exact) mass is 258 g/mol. The molecule has 2 rings (SSSR count). The number of rotatable bonds is 3. The molecule has 0 aromatic heterocycles. The van der Waals surface area contributed by atoms with Crippen molar-refractivity contribution in [3.05, 3.63) is 34.9 Å². The average Bonchev–Trinajstić information content (AvgIpc) is 2.33. The molecule has 1 atom stereocenters. The van der Waals surface area contributed by atoms with Crippen LogP contribution in [-0.2, 0) is 11.2 Å². The third-order valence-electron chi connectivity index (χ3n) is 3.18. The molecule has 1 aromatic carbocycles. The lowest BCUT2D eigenvalue weighted by Crippen LogP contribution is -2.35. The Morgan fingerprint density at radius 2 is 2.00 bits per heavy atom. The normalized spacial score (nSPS) is 25.6. The highest BCUT2D eigenvalue weighted by atomic mass is 35.5. The first-order chi connectivity index (χ1) is 7.74. The van der Waals surface area contributed by atoms with E-state index in [1.807, 2.05) is 12.1 Å². The average molecular weight is 259 g/mol. The molecule has 1 aliphatic rings. The maximum absolute atomic E-state index is 6.11. The van der Waals surface area contributed by atoms with Crippen LogP contribution in [0.1, 0.15) is 18.4 Å². The molecule has 3 heteroatoms. The van der Waals surface area contributed by atoms with E-state index >= 15 is 0 Å². The van der Waals surface area contributed by atoms with Gasteiger partial charge in [-0.15, -0.1) is 11.6 Å². The van der Waals surface area contributed by atoms with Gasteiger partial charge in [-0.3, -0.25) is 0 Å². The molecule has 0 amide bonds. The minimum atomic E-state index is 0.119. The topological polar surface area (TPSA) is 9.23 Å². The van der Waals surface area contributed by atoms with Gasteiger partial charge in [-0.2, -0.15) is 0 Å². The van der Waals surface area contributed by atoms with Crippen molar-refractivity contribution >= 4 is 23.2 Å². The van der Waals surface area contributed by atoms with Crippen LogP contribution in [0, 0.1) is 5.41 Å². The van der Waals surface area contributed by atoms with Crippen molar-refractivity contribution < 1.29 is 4.74 Å². The molecule has 1 unspecified atom stereocenters. The Morgan fingerprint density at radius 3 is 2.56 bits per heavy atom. The summed E-state index contributed by atoms with van der Waals surface area (Å²) >= 11 is 12.0. The SMILES string of the molecule is ClCC1(Cc2ccc(Cl)cc2)CCCOC1. The van der Waals surface area contributed by atoms with Crippen molar-refractivity contribution in [3.8, 4) is 0 Å². The second-order valence-electron chi connectivity index (χ2n) is 4.59. The number of ether oxygens (including phenoxy) is 1. The summed E-state index contributed by atoms with van der Waals surface area (Å²) in [6, 6.07) is 8.02. The van der Waals surface area contributed by atoms with Gasteiger partial charge in [0.15, 0.2) is 0 Å². The number of alkyl halides is 1. The smallest absolute Gasteiger partial charge is 0.0537 e. The first-order valence-electron chi connectivity index (χ1n) is 5.62. The third-order valence-corrected chi connectivity index (χ3v) is 4.00. The van der Waals surface area contributed by atoms with Crippen molar-refractivity contribution in [3.63, 3.8) is 0 Å². The van der Waals surface area contributed by atoms with Crippen molar-refractivity contribution in [1.29, 1.82) is 0 Å². The molecule has 16 heavy (non-hydrogen) atoms. The molecule has 1 aromatic rings. The van der Waals surface area contributed by atoms with Crippen LogP contribution in [-0.4, -0.2) is 19.1 Å². The lowest BCUT2D eigenvalue weighted by Gasteiger charge is -2.35. The highest BCUT2D eigenvalue weighted by Crippen LogP contribution is 2.34. The van der Waals surface area contributed by atoms with E-state index in [1.165, 1.54) is 5.56 Å². The van der Waals surface area contributed by atoms with Crippen molar-refractivity contribution in [2.75, 3.05) is 19.1 Å². The molecule has 0 N–H and O–H groups in total. The van der Waals surface area contributed by atoms with Gasteiger partial charge in [-0.1, -0.05) is 23.7 Å². The Morgan fingerprint density at radius 1 is 1.25 bits per heavy atom. The zero-order valence-corrected chi connectivity index (χ0v) is 10.7. The van der Waals surface area contributed by atoms with Crippen LogP contribution in [0.4, 0.5) is 0 Å². The maximum atomic E-state index is 6.11. The molecule has 0 radical (unpaired) electrons. The van der Waals surface area contributed by atoms with E-state index in [0.717, 1.165) is 37.5 Å². The summed E-state index contributed by atoms with van der Waals surface area (Å²) in [6.07, 6.45) is 3.24. The van der Waals surface area contributed by atoms with Crippen LogP contribution in [0.25, 0.3) is 0 Å². The second-order valence-corrected chi connectivity index (χ2v) is 5.30. The van der Waals surface area contributed by atoms with E-state index in [-0.39, 0.29) is 5.41 Å². The minimum Gasteiger partial charge on any atom is -0.381 e. The molecule has 0 saturated carbocycles. The lowest BCUT2D eigenvalue weighted by atomic mass is 9.79. The highest BCUT2D eigenvalue weighted by molar-refractivity contribution is 6.30. The van der Waals surface area contributed by atoms with E-state index in [0.29, 0.717) is 5.88 Å². The predicted octanol–water partition coefficient (Wildman–Crippen LogP) is 3.92. The molecule has 1 fully saturated rings. The summed E-state index contributed by atoms with van der Waals surface area (Å²) < 4.78 is 5.56. The molecule has 0 spiro atoms. The fraction of sp³-hybridized carbons (Fsp3) is 0.538. The Balaban J connectivity index is 2.08. The fourth-order valence-corrected chi connectivity index (χ4v) is 2.67. The highest BCUT2D eigenvalue weighted by Gasteiger charge is 2.32. The summed E-state index contributed by atoms with van der Waals surface area (Å²) in [4.78, 5) is 0. The zero-order chi connectivity index (χ0) is 11.4. The molecule has 1 heterocycles. The van der Waals surface area contributed by atoms with Gasteiger partial charge in [0, 0.05) is 22.9 Å². The van der Waals surface area contributed by atoms with Crippen LogP contribution < -0.4 is 0 Å². The third kappa shape index (κ3) is 2.91. The van der Waals surface area contributed by atoms with Crippen LogP contribution in [0.3, 0.4) is 0 Å². The Hall–Kier alpha value is -0.240. The van der Waals surface area contributed by atoms with Crippen molar-refractivity contribution in [2.45, 2.75) is 19.3 Å². The Bertz CT molecular complexity index is 328. The van der Waals surface area contributed by atoms with Gasteiger partial charge in [-0.25, -0.2) is 0 Å². The molecule has 88 valence electrons. The summed E-state index contributed by atoms with van der Waals surface area (Å²) in [5.41, 5.74) is 1.41. The summed E-state index contributed by atoms with van der Waals surface area (Å²) in [5, 5.41) is 0.781. The zero-order valence-electron chi connectivity index (χ0n) is 9.22. The predicted molar refractivity (Wildman–Crippen MR) is 68.4 cm³/mol. The maximum Gasteiger partial charge on any atom is 0.0537 e. The van der Waals surface area contributed by atoms with Gasteiger partial charge in [0.05, 0.1) is 6.61 Å². The van der Waals surface area contributed by atoms with Crippen LogP contribution in [0.2, 0.25) is 5.02 Å². The molecule has 0 bridgehead atoms. The Kier molecular flexibility index (Phi) is 4.12. The molecule has 1 nitrogen and oxygen atoms in total. The van der Waals surface area contributed by atoms with Gasteiger partial charge in [-0.05, 0) is 37.0 Å². The number of benzene rings is 1. The first-order valence-corrected chi connectivity index (χ1v) is 6.54. The summed E-state index contributed by atoms with van der Waals surface area (Å²) in [7, 11) is 0. The van der Waals surface area contributed by atoms with E-state index < -0.39 is 0 Å². The number of hydrogen-bond acceptors (Lipinski definition) is 1. The van der Waals surface area contributed by atoms with E-state index in [9.17, 15) is 0 Å². The van der Waals surface area contributed by atoms with Crippen molar-refractivity contribution in [1.82, 2.24) is 0 Å². The van der Waals surface area contributed by atoms with E-state index in [4.69, 9.17) is 27.9 Å². The second kappa shape index (κ2) is 5.39. The van der Waals surface area contributed by atoms with Crippen molar-refractivity contribution in [2.24, 2.45) is 5.41 Å². The van der Waals surface area contributed by atoms with Gasteiger partial charge in [0.2, 0.25) is 0 Å². The molecule has 1 aliphatic heterocycles. The van der Waals surface area contributed by atoms with Gasteiger partial charge < -0.3 is 4.74 Å². The van der Waals surface area contributed by atoms with Crippen LogP contribution in [0.5, 0.6) is 0 Å². The fourth-order valence-electron chi connectivity index (χ4n) is 2.24. The number of hydrogen-bond donors (Lipinski definition) is 0. The molecular formula is C13H16Cl2O. The van der Waals surface area contributed by atoms with Gasteiger partial charge in [0.1, 0.15) is 0 Å². The molecule has 1 saturated heterocycles. The summed E-state index contributed by atoms with van der Waals surface area (Å²) in [5.74, 6) is 0.662. The lowest BCUT2D eigenvalue weighted by molar-refractivity contribution is 0.00478. The van der Waals surface area contributed by atoms with Gasteiger partial charge in [0.25, 0.3) is 0 Å². The standard InChI is InChI=1S/C13H16Cl2O/c14-9-13(6-1-7-16-10-13)8-11-2-4-12(15)5-3-11/h2-5H,1,6-10H2. The minimum absolute atomic E-state index is 0.119. The molecule has 0 aliphatic carbocycles. The van der Waals surface area contributed by atoms with E-state index in [2.05, 4.69) is 12.1 Å². The van der Waals surface area contributed by atoms with Crippen LogP contribution in [0.15, 0.2) is 24.3 Å². The van der Waals surface area contributed by atoms with Gasteiger partial charge >= 0.3 is 0 Å².